The van der Waals surface area contributed by atoms with Gasteiger partial charge in [-0.3, -0.25) is 4.79 Å². The molecule has 1 fully saturated rings. The Morgan fingerprint density at radius 2 is 1.74 bits per heavy atom. The third-order valence-electron chi connectivity index (χ3n) is 4.86. The fourth-order valence-corrected chi connectivity index (χ4v) is 3.24. The molecule has 0 spiro atoms. The zero-order valence-corrected chi connectivity index (χ0v) is 15.4. The van der Waals surface area contributed by atoms with E-state index >= 15 is 0 Å². The Kier molecular flexibility index (Phi) is 6.06. The molecule has 1 saturated heterocycles. The first-order chi connectivity index (χ1) is 13.1. The van der Waals surface area contributed by atoms with Crippen LogP contribution < -0.4 is 10.6 Å². The van der Waals surface area contributed by atoms with Gasteiger partial charge in [-0.05, 0) is 55.2 Å². The summed E-state index contributed by atoms with van der Waals surface area (Å²) in [6, 6.07) is 13.2. The van der Waals surface area contributed by atoms with Crippen molar-refractivity contribution < 1.29 is 14.0 Å². The van der Waals surface area contributed by atoms with Gasteiger partial charge in [-0.15, -0.1) is 0 Å². The molecule has 5 nitrogen and oxygen atoms in total. The molecular weight excluding hydrogens is 345 g/mol. The predicted octanol–water partition coefficient (Wildman–Crippen LogP) is 3.81. The van der Waals surface area contributed by atoms with Crippen LogP contribution in [0.2, 0.25) is 0 Å². The van der Waals surface area contributed by atoms with Gasteiger partial charge < -0.3 is 15.5 Å². The lowest BCUT2D eigenvalue weighted by Crippen LogP contribution is -2.47. The van der Waals surface area contributed by atoms with E-state index in [0.717, 1.165) is 17.7 Å². The molecule has 0 saturated carbocycles. The molecule has 1 heterocycles. The lowest BCUT2D eigenvalue weighted by Gasteiger charge is -2.32. The Hall–Kier alpha value is -2.89. The fourth-order valence-electron chi connectivity index (χ4n) is 3.24. The predicted molar refractivity (Wildman–Crippen MR) is 103 cm³/mol. The van der Waals surface area contributed by atoms with Crippen LogP contribution in [-0.4, -0.2) is 36.0 Å². The average molecular weight is 369 g/mol. The Morgan fingerprint density at radius 1 is 1.07 bits per heavy atom. The van der Waals surface area contributed by atoms with Gasteiger partial charge in [0, 0.05) is 30.4 Å². The van der Waals surface area contributed by atoms with Crippen molar-refractivity contribution in [1.82, 2.24) is 10.2 Å². The number of anilines is 1. The van der Waals surface area contributed by atoms with E-state index in [1.165, 1.54) is 24.3 Å². The quantitative estimate of drug-likeness (QED) is 0.861. The van der Waals surface area contributed by atoms with Crippen LogP contribution in [0.15, 0.2) is 48.5 Å². The molecule has 6 heteroatoms. The van der Waals surface area contributed by atoms with Crippen LogP contribution in [-0.2, 0) is 6.42 Å². The van der Waals surface area contributed by atoms with E-state index in [9.17, 15) is 14.0 Å². The minimum absolute atomic E-state index is 0.00883. The van der Waals surface area contributed by atoms with Crippen molar-refractivity contribution in [2.75, 3.05) is 18.4 Å². The number of amides is 3. The SMILES string of the molecule is CCc1ccccc1NC(=O)N1CCC(NC(=O)c2ccc(F)cc2)CC1. The summed E-state index contributed by atoms with van der Waals surface area (Å²) >= 11 is 0. The first-order valence-corrected chi connectivity index (χ1v) is 9.27. The van der Waals surface area contributed by atoms with E-state index in [2.05, 4.69) is 17.6 Å². The number of nitrogens with zero attached hydrogens (tertiary/aromatic N) is 1. The molecule has 3 rings (SSSR count). The molecule has 27 heavy (non-hydrogen) atoms. The van der Waals surface area contributed by atoms with Crippen LogP contribution in [0.5, 0.6) is 0 Å². The van der Waals surface area contributed by atoms with Crippen LogP contribution in [0.25, 0.3) is 0 Å². The number of aryl methyl sites for hydroxylation is 1. The van der Waals surface area contributed by atoms with Crippen molar-refractivity contribution in [1.29, 1.82) is 0 Å². The number of carbonyl (C=O) groups is 2. The summed E-state index contributed by atoms with van der Waals surface area (Å²) in [5.41, 5.74) is 2.39. The maximum absolute atomic E-state index is 13.0. The van der Waals surface area contributed by atoms with Gasteiger partial charge in [0.05, 0.1) is 0 Å². The summed E-state index contributed by atoms with van der Waals surface area (Å²) in [6.07, 6.45) is 2.24. The van der Waals surface area contributed by atoms with Gasteiger partial charge in [0.15, 0.2) is 0 Å². The minimum atomic E-state index is -0.365. The van der Waals surface area contributed by atoms with E-state index in [1.807, 2.05) is 24.3 Å². The number of para-hydroxylation sites is 1. The number of hydrogen-bond donors (Lipinski definition) is 2. The van der Waals surface area contributed by atoms with Gasteiger partial charge in [0.1, 0.15) is 5.82 Å². The molecule has 0 atom stereocenters. The zero-order valence-electron chi connectivity index (χ0n) is 15.4. The second-order valence-electron chi connectivity index (χ2n) is 6.68. The standard InChI is InChI=1S/C21H24FN3O2/c1-2-15-5-3-4-6-19(15)24-21(27)25-13-11-18(12-14-25)23-20(26)16-7-9-17(22)10-8-16/h3-10,18H,2,11-14H2,1H3,(H,23,26)(H,24,27). The van der Waals surface area contributed by atoms with E-state index < -0.39 is 0 Å². The first-order valence-electron chi connectivity index (χ1n) is 9.27. The highest BCUT2D eigenvalue weighted by atomic mass is 19.1. The second-order valence-corrected chi connectivity index (χ2v) is 6.68. The highest BCUT2D eigenvalue weighted by Gasteiger charge is 2.24. The number of urea groups is 1. The van der Waals surface area contributed by atoms with Gasteiger partial charge in [0.2, 0.25) is 0 Å². The minimum Gasteiger partial charge on any atom is -0.349 e. The van der Waals surface area contributed by atoms with E-state index in [-0.39, 0.29) is 23.8 Å². The summed E-state index contributed by atoms with van der Waals surface area (Å²) in [7, 11) is 0. The summed E-state index contributed by atoms with van der Waals surface area (Å²) < 4.78 is 13.0. The average Bonchev–Trinajstić information content (AvgIpc) is 2.69. The molecule has 1 aliphatic heterocycles. The Morgan fingerprint density at radius 3 is 2.41 bits per heavy atom. The van der Waals surface area contributed by atoms with Crippen molar-refractivity contribution in [2.45, 2.75) is 32.2 Å². The summed E-state index contributed by atoms with van der Waals surface area (Å²) in [6.45, 7) is 3.21. The van der Waals surface area contributed by atoms with Gasteiger partial charge >= 0.3 is 6.03 Å². The third-order valence-corrected chi connectivity index (χ3v) is 4.86. The largest absolute Gasteiger partial charge is 0.349 e. The Bertz CT molecular complexity index is 799. The molecule has 2 N–H and O–H groups in total. The van der Waals surface area contributed by atoms with E-state index in [1.54, 1.807) is 4.90 Å². The molecule has 142 valence electrons. The van der Waals surface area contributed by atoms with Gasteiger partial charge in [-0.2, -0.15) is 0 Å². The Balaban J connectivity index is 1.50. The summed E-state index contributed by atoms with van der Waals surface area (Å²) in [4.78, 5) is 26.5. The molecule has 0 radical (unpaired) electrons. The van der Waals surface area contributed by atoms with Crippen molar-refractivity contribution in [3.05, 3.63) is 65.5 Å². The number of benzene rings is 2. The molecule has 1 aliphatic rings. The molecule has 2 aromatic rings. The second kappa shape index (κ2) is 8.66. The van der Waals surface area contributed by atoms with E-state index in [0.29, 0.717) is 31.5 Å². The molecule has 0 bridgehead atoms. The number of hydrogen-bond acceptors (Lipinski definition) is 2. The fraction of sp³-hybridized carbons (Fsp3) is 0.333. The van der Waals surface area contributed by atoms with Crippen LogP contribution in [0, 0.1) is 5.82 Å². The molecule has 0 aliphatic carbocycles. The molecule has 0 unspecified atom stereocenters. The van der Waals surface area contributed by atoms with Crippen LogP contribution in [0.4, 0.5) is 14.9 Å². The van der Waals surface area contributed by atoms with Gasteiger partial charge in [0.25, 0.3) is 5.91 Å². The maximum atomic E-state index is 13.0. The summed E-state index contributed by atoms with van der Waals surface area (Å²) in [5.74, 6) is -0.578. The number of halogens is 1. The van der Waals surface area contributed by atoms with Crippen molar-refractivity contribution in [3.63, 3.8) is 0 Å². The van der Waals surface area contributed by atoms with Crippen LogP contribution in [0.3, 0.4) is 0 Å². The first kappa shape index (κ1) is 18.9. The third kappa shape index (κ3) is 4.84. The molecule has 2 aromatic carbocycles. The van der Waals surface area contributed by atoms with Crippen molar-refractivity contribution in [3.8, 4) is 0 Å². The number of piperidine rings is 1. The topological polar surface area (TPSA) is 61.4 Å². The maximum Gasteiger partial charge on any atom is 0.321 e. The molecular formula is C21H24FN3O2. The smallest absolute Gasteiger partial charge is 0.321 e. The Labute approximate surface area is 158 Å². The number of rotatable bonds is 4. The monoisotopic (exact) mass is 369 g/mol. The highest BCUT2D eigenvalue weighted by molar-refractivity contribution is 5.94. The normalized spacial score (nSPS) is 14.7. The highest BCUT2D eigenvalue weighted by Crippen LogP contribution is 2.18. The lowest BCUT2D eigenvalue weighted by molar-refractivity contribution is 0.0919. The molecule has 0 aromatic heterocycles. The van der Waals surface area contributed by atoms with Gasteiger partial charge in [-0.25, -0.2) is 9.18 Å². The number of nitrogens with one attached hydrogen (secondary N) is 2. The van der Waals surface area contributed by atoms with Crippen molar-refractivity contribution >= 4 is 17.6 Å². The lowest BCUT2D eigenvalue weighted by atomic mass is 10.0. The van der Waals surface area contributed by atoms with Crippen LogP contribution in [0.1, 0.15) is 35.7 Å². The van der Waals surface area contributed by atoms with Crippen molar-refractivity contribution in [2.24, 2.45) is 0 Å². The molecule has 3 amide bonds. The zero-order chi connectivity index (χ0) is 19.2. The van der Waals surface area contributed by atoms with Gasteiger partial charge in [-0.1, -0.05) is 25.1 Å². The number of likely N-dealkylation sites (tertiary alicyclic amines) is 1. The summed E-state index contributed by atoms with van der Waals surface area (Å²) in [5, 5.41) is 5.94. The van der Waals surface area contributed by atoms with E-state index in [4.69, 9.17) is 0 Å². The number of carbonyl (C=O) groups excluding carboxylic acids is 2. The van der Waals surface area contributed by atoms with Crippen LogP contribution >= 0.6 is 0 Å².